The highest BCUT2D eigenvalue weighted by atomic mass is 35.5. The fourth-order valence-electron chi connectivity index (χ4n) is 5.61. The van der Waals surface area contributed by atoms with E-state index in [0.29, 0.717) is 16.5 Å². The average molecular weight is 435 g/mol. The molecule has 2 fully saturated rings. The lowest BCUT2D eigenvalue weighted by atomic mass is 9.63. The van der Waals surface area contributed by atoms with Crippen LogP contribution in [0.15, 0.2) is 54.6 Å². The summed E-state index contributed by atoms with van der Waals surface area (Å²) in [5, 5.41) is 0.679. The molecule has 2 aliphatic rings. The first-order valence-corrected chi connectivity index (χ1v) is 12.2. The van der Waals surface area contributed by atoms with Gasteiger partial charge in [0.15, 0.2) is 0 Å². The zero-order valence-corrected chi connectivity index (χ0v) is 19.2. The van der Waals surface area contributed by atoms with E-state index in [4.69, 9.17) is 11.6 Å². The summed E-state index contributed by atoms with van der Waals surface area (Å²) in [6.45, 7) is 2.11. The first-order chi connectivity index (χ1) is 15.1. The Hall–Kier alpha value is -2.04. The summed E-state index contributed by atoms with van der Waals surface area (Å²) in [4.78, 5) is 0. The lowest BCUT2D eigenvalue weighted by molar-refractivity contribution is 0.115. The van der Waals surface area contributed by atoms with Crippen molar-refractivity contribution >= 4 is 11.6 Å². The second-order valence-electron chi connectivity index (χ2n) is 9.35. The molecule has 0 spiro atoms. The van der Waals surface area contributed by atoms with Gasteiger partial charge in [0, 0.05) is 10.6 Å². The zero-order valence-electron chi connectivity index (χ0n) is 18.4. The van der Waals surface area contributed by atoms with E-state index in [9.17, 15) is 4.39 Å². The molecule has 2 aliphatic carbocycles. The predicted octanol–water partition coefficient (Wildman–Crippen LogP) is 8.54. The van der Waals surface area contributed by atoms with Crippen molar-refractivity contribution in [3.63, 3.8) is 0 Å². The molecule has 2 saturated carbocycles. The molecule has 31 heavy (non-hydrogen) atoms. The van der Waals surface area contributed by atoms with Crippen molar-refractivity contribution in [1.29, 1.82) is 0 Å². The Morgan fingerprint density at radius 1 is 0.968 bits per heavy atom. The highest BCUT2D eigenvalue weighted by Crippen LogP contribution is 2.48. The number of hydrogen-bond donors (Lipinski definition) is 0. The van der Waals surface area contributed by atoms with E-state index in [1.807, 2.05) is 18.2 Å². The van der Waals surface area contributed by atoms with Crippen molar-refractivity contribution in [3.8, 4) is 11.8 Å². The van der Waals surface area contributed by atoms with Crippen molar-refractivity contribution < 1.29 is 4.39 Å². The molecule has 2 aromatic carbocycles. The lowest BCUT2D eigenvalue weighted by Crippen LogP contribution is -2.30. The van der Waals surface area contributed by atoms with Gasteiger partial charge in [-0.3, -0.25) is 0 Å². The molecular formula is C29H32ClF. The topological polar surface area (TPSA) is 0 Å². The molecule has 4 atom stereocenters. The fourth-order valence-corrected chi connectivity index (χ4v) is 5.74. The minimum Gasteiger partial charge on any atom is -0.206 e. The van der Waals surface area contributed by atoms with Crippen LogP contribution in [0.5, 0.6) is 0 Å². The summed E-state index contributed by atoms with van der Waals surface area (Å²) < 4.78 is 14.8. The summed E-state index contributed by atoms with van der Waals surface area (Å²) >= 11 is 5.91. The number of benzene rings is 2. The maximum absolute atomic E-state index is 14.8. The van der Waals surface area contributed by atoms with Gasteiger partial charge in [0.25, 0.3) is 0 Å². The van der Waals surface area contributed by atoms with Gasteiger partial charge in [0.1, 0.15) is 5.82 Å². The van der Waals surface area contributed by atoms with Crippen molar-refractivity contribution in [2.24, 2.45) is 17.8 Å². The van der Waals surface area contributed by atoms with Crippen LogP contribution in [0.1, 0.15) is 80.9 Å². The third-order valence-corrected chi connectivity index (χ3v) is 7.60. The Labute approximate surface area is 191 Å². The van der Waals surface area contributed by atoms with Crippen LogP contribution in [-0.2, 0) is 0 Å². The molecule has 0 amide bonds. The van der Waals surface area contributed by atoms with Gasteiger partial charge in [0.2, 0.25) is 0 Å². The molecule has 0 saturated heterocycles. The van der Waals surface area contributed by atoms with E-state index < -0.39 is 0 Å². The van der Waals surface area contributed by atoms with Crippen LogP contribution in [0.2, 0.25) is 5.02 Å². The maximum atomic E-state index is 14.8. The third-order valence-electron chi connectivity index (χ3n) is 7.35. The monoisotopic (exact) mass is 434 g/mol. The second kappa shape index (κ2) is 10.5. The van der Waals surface area contributed by atoms with Gasteiger partial charge in [-0.15, -0.1) is 0 Å². The van der Waals surface area contributed by atoms with E-state index in [1.54, 1.807) is 18.2 Å². The Balaban J connectivity index is 1.37. The Morgan fingerprint density at radius 2 is 1.74 bits per heavy atom. The summed E-state index contributed by atoms with van der Waals surface area (Å²) in [6, 6.07) is 13.0. The zero-order chi connectivity index (χ0) is 21.6. The molecule has 0 heterocycles. The van der Waals surface area contributed by atoms with Gasteiger partial charge < -0.3 is 0 Å². The molecule has 162 valence electrons. The van der Waals surface area contributed by atoms with Gasteiger partial charge in [-0.05, 0) is 118 Å². The standard InChI is InChI=1S/C29H32ClF/c1-2-3-4-5-22-7-11-25-19-26(15-14-24(25)18-22)27-13-12-23(29(31)20-27)10-6-21-8-16-28(30)17-9-21/h2-3,8-9,12-13,16-17,20,22,24-26H,4-5,7,11,14-15,18-19H2,1H3/b3-2+. The number of hydrogen-bond acceptors (Lipinski definition) is 0. The predicted molar refractivity (Wildman–Crippen MR) is 129 cm³/mol. The molecule has 0 nitrogen and oxygen atoms in total. The molecule has 0 radical (unpaired) electrons. The van der Waals surface area contributed by atoms with Gasteiger partial charge in [-0.25, -0.2) is 4.39 Å². The van der Waals surface area contributed by atoms with Crippen LogP contribution < -0.4 is 0 Å². The van der Waals surface area contributed by atoms with Crippen molar-refractivity contribution in [1.82, 2.24) is 0 Å². The largest absolute Gasteiger partial charge is 0.206 e. The fraction of sp³-hybridized carbons (Fsp3) is 0.448. The van der Waals surface area contributed by atoms with Crippen LogP contribution >= 0.6 is 11.6 Å². The van der Waals surface area contributed by atoms with Crippen molar-refractivity contribution in [2.75, 3.05) is 0 Å². The van der Waals surface area contributed by atoms with Crippen LogP contribution in [0, 0.1) is 35.4 Å². The number of allylic oxidation sites excluding steroid dienone is 2. The molecule has 0 bridgehead atoms. The van der Waals surface area contributed by atoms with E-state index in [0.717, 1.165) is 28.9 Å². The molecule has 0 N–H and O–H groups in total. The minimum atomic E-state index is -0.200. The first kappa shape index (κ1) is 22.2. The van der Waals surface area contributed by atoms with Gasteiger partial charge in [0.05, 0.1) is 5.56 Å². The van der Waals surface area contributed by atoms with Crippen molar-refractivity contribution in [2.45, 2.75) is 64.2 Å². The van der Waals surface area contributed by atoms with Crippen LogP contribution in [0.4, 0.5) is 4.39 Å². The summed E-state index contributed by atoms with van der Waals surface area (Å²) in [5.41, 5.74) is 2.46. The maximum Gasteiger partial charge on any atom is 0.139 e. The van der Waals surface area contributed by atoms with E-state index in [2.05, 4.69) is 37.0 Å². The lowest BCUT2D eigenvalue weighted by Gasteiger charge is -2.42. The molecular weight excluding hydrogens is 403 g/mol. The van der Waals surface area contributed by atoms with Crippen LogP contribution in [0.3, 0.4) is 0 Å². The van der Waals surface area contributed by atoms with E-state index in [1.165, 1.54) is 51.4 Å². The average Bonchev–Trinajstić information content (AvgIpc) is 2.79. The molecule has 2 aromatic rings. The van der Waals surface area contributed by atoms with Crippen LogP contribution in [-0.4, -0.2) is 0 Å². The van der Waals surface area contributed by atoms with Crippen LogP contribution in [0.25, 0.3) is 0 Å². The summed E-state index contributed by atoms with van der Waals surface area (Å²) in [5.74, 6) is 8.92. The smallest absolute Gasteiger partial charge is 0.139 e. The first-order valence-electron chi connectivity index (χ1n) is 11.8. The molecule has 4 rings (SSSR count). The van der Waals surface area contributed by atoms with E-state index >= 15 is 0 Å². The third kappa shape index (κ3) is 5.81. The summed E-state index contributed by atoms with van der Waals surface area (Å²) in [6.07, 6.45) is 14.9. The normalized spacial score (nSPS) is 25.6. The molecule has 2 heteroatoms. The number of halogens is 2. The Bertz CT molecular complexity index is 962. The van der Waals surface area contributed by atoms with Gasteiger partial charge in [-0.1, -0.05) is 48.1 Å². The SMILES string of the molecule is C/C=C/CCC1CCC2CC(c3ccc(C#Cc4ccc(Cl)cc4)c(F)c3)CCC2C1. The quantitative estimate of drug-likeness (QED) is 0.334. The summed E-state index contributed by atoms with van der Waals surface area (Å²) in [7, 11) is 0. The highest BCUT2D eigenvalue weighted by molar-refractivity contribution is 6.30. The molecule has 0 aromatic heterocycles. The molecule has 0 aliphatic heterocycles. The minimum absolute atomic E-state index is 0.200. The highest BCUT2D eigenvalue weighted by Gasteiger charge is 2.35. The molecule has 4 unspecified atom stereocenters. The number of fused-ring (bicyclic) bond motifs is 1. The Morgan fingerprint density at radius 3 is 2.52 bits per heavy atom. The number of rotatable bonds is 4. The van der Waals surface area contributed by atoms with Gasteiger partial charge in [-0.2, -0.15) is 0 Å². The van der Waals surface area contributed by atoms with Crippen molar-refractivity contribution in [3.05, 3.63) is 82.1 Å². The Kier molecular flexibility index (Phi) is 7.52. The second-order valence-corrected chi connectivity index (χ2v) is 9.79. The van der Waals surface area contributed by atoms with E-state index in [-0.39, 0.29) is 5.82 Å². The van der Waals surface area contributed by atoms with Gasteiger partial charge >= 0.3 is 0 Å².